The van der Waals surface area contributed by atoms with Gasteiger partial charge in [0, 0.05) is 6.54 Å². The molecule has 0 saturated heterocycles. The summed E-state index contributed by atoms with van der Waals surface area (Å²) in [4.78, 5) is 0.151. The smallest absolute Gasteiger partial charge is 0.238 e. The first-order valence-electron chi connectivity index (χ1n) is 6.42. The molecule has 3 N–H and O–H groups in total. The van der Waals surface area contributed by atoms with Gasteiger partial charge in [-0.05, 0) is 36.2 Å². The van der Waals surface area contributed by atoms with E-state index < -0.39 is 10.0 Å². The molecular weight excluding hydrogens is 308 g/mol. The Bertz CT molecular complexity index is 643. The maximum absolute atomic E-state index is 11.1. The molecule has 0 bridgehead atoms. The number of hydrogen-bond acceptors (Lipinski definition) is 3. The van der Waals surface area contributed by atoms with E-state index in [4.69, 9.17) is 5.14 Å². The summed E-state index contributed by atoms with van der Waals surface area (Å²) in [6, 6.07) is 16.9. The largest absolute Gasteiger partial charge is 0.312 e. The second kappa shape index (κ2) is 8.14. The van der Waals surface area contributed by atoms with E-state index in [1.807, 2.05) is 18.2 Å². The molecule has 0 aromatic heterocycles. The summed E-state index contributed by atoms with van der Waals surface area (Å²) in [6.45, 7) is 1.67. The van der Waals surface area contributed by atoms with Crippen LogP contribution in [0.4, 0.5) is 0 Å². The molecule has 0 atom stereocenters. The van der Waals surface area contributed by atoms with Crippen molar-refractivity contribution in [2.24, 2.45) is 5.14 Å². The van der Waals surface area contributed by atoms with Crippen molar-refractivity contribution in [1.29, 1.82) is 0 Å². The molecular formula is C15H19ClN2O2S. The molecule has 0 aliphatic carbocycles. The topological polar surface area (TPSA) is 72.2 Å². The molecule has 6 heteroatoms. The molecule has 114 valence electrons. The fourth-order valence-corrected chi connectivity index (χ4v) is 2.42. The van der Waals surface area contributed by atoms with Crippen molar-refractivity contribution in [1.82, 2.24) is 5.32 Å². The molecule has 2 aromatic carbocycles. The molecule has 2 aromatic rings. The molecule has 0 spiro atoms. The summed E-state index contributed by atoms with van der Waals surface area (Å²) in [5, 5.41) is 8.40. The third-order valence-corrected chi connectivity index (χ3v) is 3.94. The zero-order chi connectivity index (χ0) is 14.4. The van der Waals surface area contributed by atoms with Gasteiger partial charge in [-0.3, -0.25) is 0 Å². The highest BCUT2D eigenvalue weighted by atomic mass is 35.5. The predicted molar refractivity (Wildman–Crippen MR) is 86.9 cm³/mol. The van der Waals surface area contributed by atoms with E-state index in [-0.39, 0.29) is 17.3 Å². The van der Waals surface area contributed by atoms with Crippen LogP contribution in [0.25, 0.3) is 0 Å². The van der Waals surface area contributed by atoms with Crippen molar-refractivity contribution < 1.29 is 8.42 Å². The van der Waals surface area contributed by atoms with Gasteiger partial charge in [-0.1, -0.05) is 42.5 Å². The Balaban J connectivity index is 0.00000220. The summed E-state index contributed by atoms with van der Waals surface area (Å²) in [7, 11) is -3.60. The lowest BCUT2D eigenvalue weighted by Gasteiger charge is -2.06. The first-order chi connectivity index (χ1) is 9.55. The van der Waals surface area contributed by atoms with Crippen LogP contribution in [0.3, 0.4) is 0 Å². The van der Waals surface area contributed by atoms with Gasteiger partial charge in [0.2, 0.25) is 10.0 Å². The average Bonchev–Trinajstić information content (AvgIpc) is 2.44. The molecule has 0 heterocycles. The Hall–Kier alpha value is -1.40. The van der Waals surface area contributed by atoms with Crippen LogP contribution in [-0.4, -0.2) is 15.0 Å². The maximum atomic E-state index is 11.1. The van der Waals surface area contributed by atoms with Gasteiger partial charge >= 0.3 is 0 Å². The first kappa shape index (κ1) is 17.7. The van der Waals surface area contributed by atoms with Crippen molar-refractivity contribution in [3.8, 4) is 0 Å². The summed E-state index contributed by atoms with van der Waals surface area (Å²) >= 11 is 0. The average molecular weight is 327 g/mol. The highest BCUT2D eigenvalue weighted by molar-refractivity contribution is 7.89. The number of hydrogen-bond donors (Lipinski definition) is 2. The predicted octanol–water partition coefficient (Wildman–Crippen LogP) is 2.09. The van der Waals surface area contributed by atoms with E-state index in [9.17, 15) is 8.42 Å². The van der Waals surface area contributed by atoms with Crippen LogP contribution in [-0.2, 0) is 23.0 Å². The maximum Gasteiger partial charge on any atom is 0.238 e. The number of halogens is 1. The minimum absolute atomic E-state index is 0. The monoisotopic (exact) mass is 326 g/mol. The zero-order valence-corrected chi connectivity index (χ0v) is 13.2. The van der Waals surface area contributed by atoms with Crippen LogP contribution in [0.2, 0.25) is 0 Å². The Labute approximate surface area is 131 Å². The van der Waals surface area contributed by atoms with Crippen LogP contribution in [0.5, 0.6) is 0 Å². The van der Waals surface area contributed by atoms with Crippen molar-refractivity contribution in [2.45, 2.75) is 17.9 Å². The normalized spacial score (nSPS) is 10.9. The SMILES string of the molecule is Cl.NS(=O)(=O)c1ccc(CCNCc2ccccc2)cc1. The standard InChI is InChI=1S/C15H18N2O2S.ClH/c16-20(18,19)15-8-6-13(7-9-15)10-11-17-12-14-4-2-1-3-5-14;/h1-9,17H,10-12H2,(H2,16,18,19);1H. The summed E-state index contributed by atoms with van der Waals surface area (Å²) < 4.78 is 22.3. The number of nitrogens with two attached hydrogens (primary N) is 1. The lowest BCUT2D eigenvalue weighted by Crippen LogP contribution is -2.16. The van der Waals surface area contributed by atoms with Crippen molar-refractivity contribution in [3.05, 3.63) is 65.7 Å². The third-order valence-electron chi connectivity index (χ3n) is 3.01. The number of benzene rings is 2. The van der Waals surface area contributed by atoms with Crippen LogP contribution in [0.1, 0.15) is 11.1 Å². The molecule has 21 heavy (non-hydrogen) atoms. The Morgan fingerprint density at radius 1 is 0.905 bits per heavy atom. The minimum atomic E-state index is -3.60. The molecule has 2 rings (SSSR count). The van der Waals surface area contributed by atoms with E-state index in [0.717, 1.165) is 25.1 Å². The molecule has 0 unspecified atom stereocenters. The van der Waals surface area contributed by atoms with Gasteiger partial charge in [0.25, 0.3) is 0 Å². The van der Waals surface area contributed by atoms with Gasteiger partial charge in [-0.25, -0.2) is 13.6 Å². The second-order valence-electron chi connectivity index (χ2n) is 4.60. The van der Waals surface area contributed by atoms with Gasteiger partial charge in [-0.2, -0.15) is 0 Å². The highest BCUT2D eigenvalue weighted by Crippen LogP contribution is 2.09. The van der Waals surface area contributed by atoms with Crippen LogP contribution in [0.15, 0.2) is 59.5 Å². The van der Waals surface area contributed by atoms with E-state index in [2.05, 4.69) is 17.4 Å². The number of sulfonamides is 1. The third kappa shape index (κ3) is 5.85. The summed E-state index contributed by atoms with van der Waals surface area (Å²) in [5.41, 5.74) is 2.33. The molecule has 0 fully saturated rings. The number of nitrogens with one attached hydrogen (secondary N) is 1. The molecule has 0 radical (unpaired) electrons. The Kier molecular flexibility index (Phi) is 6.84. The van der Waals surface area contributed by atoms with Crippen LogP contribution >= 0.6 is 12.4 Å². The number of primary sulfonamides is 1. The lowest BCUT2D eigenvalue weighted by atomic mass is 10.1. The molecule has 0 aliphatic rings. The van der Waals surface area contributed by atoms with Gasteiger partial charge in [0.1, 0.15) is 0 Å². The van der Waals surface area contributed by atoms with E-state index >= 15 is 0 Å². The molecule has 0 amide bonds. The number of rotatable bonds is 6. The van der Waals surface area contributed by atoms with Crippen LogP contribution in [0, 0.1) is 0 Å². The van der Waals surface area contributed by atoms with Crippen molar-refractivity contribution >= 4 is 22.4 Å². The van der Waals surface area contributed by atoms with Crippen LogP contribution < -0.4 is 10.5 Å². The summed E-state index contributed by atoms with van der Waals surface area (Å²) in [5.74, 6) is 0. The van der Waals surface area contributed by atoms with Gasteiger partial charge in [0.15, 0.2) is 0 Å². The lowest BCUT2D eigenvalue weighted by molar-refractivity contribution is 0.597. The molecule has 0 aliphatic heterocycles. The second-order valence-corrected chi connectivity index (χ2v) is 6.16. The summed E-state index contributed by atoms with van der Waals surface area (Å²) in [6.07, 6.45) is 0.845. The van der Waals surface area contributed by atoms with E-state index in [0.29, 0.717) is 0 Å². The fourth-order valence-electron chi connectivity index (χ4n) is 1.91. The quantitative estimate of drug-likeness (QED) is 0.798. The first-order valence-corrected chi connectivity index (χ1v) is 7.97. The van der Waals surface area contributed by atoms with E-state index in [1.165, 1.54) is 5.56 Å². The highest BCUT2D eigenvalue weighted by Gasteiger charge is 2.06. The fraction of sp³-hybridized carbons (Fsp3) is 0.200. The Morgan fingerprint density at radius 3 is 2.10 bits per heavy atom. The van der Waals surface area contributed by atoms with Crippen molar-refractivity contribution in [2.75, 3.05) is 6.54 Å². The molecule has 4 nitrogen and oxygen atoms in total. The van der Waals surface area contributed by atoms with Gasteiger partial charge < -0.3 is 5.32 Å². The minimum Gasteiger partial charge on any atom is -0.312 e. The van der Waals surface area contributed by atoms with Gasteiger partial charge in [0.05, 0.1) is 4.90 Å². The Morgan fingerprint density at radius 2 is 1.52 bits per heavy atom. The molecule has 0 saturated carbocycles. The van der Waals surface area contributed by atoms with E-state index in [1.54, 1.807) is 24.3 Å². The van der Waals surface area contributed by atoms with Crippen molar-refractivity contribution in [3.63, 3.8) is 0 Å². The zero-order valence-electron chi connectivity index (χ0n) is 11.5. The van der Waals surface area contributed by atoms with Gasteiger partial charge in [-0.15, -0.1) is 12.4 Å².